The van der Waals surface area contributed by atoms with E-state index in [1.54, 1.807) is 18.2 Å². The third-order valence-electron chi connectivity index (χ3n) is 2.66. The van der Waals surface area contributed by atoms with Gasteiger partial charge in [-0.2, -0.15) is 0 Å². The molecule has 0 aliphatic carbocycles. The van der Waals surface area contributed by atoms with Gasteiger partial charge in [-0.05, 0) is 46.3 Å². The number of halogens is 2. The van der Waals surface area contributed by atoms with Gasteiger partial charge in [-0.3, -0.25) is 14.9 Å². The molecule has 0 aromatic heterocycles. The number of hydrogen-bond donors (Lipinski definition) is 2. The van der Waals surface area contributed by atoms with Crippen LogP contribution in [0, 0.1) is 10.1 Å². The summed E-state index contributed by atoms with van der Waals surface area (Å²) in [6.45, 7) is 0. The van der Waals surface area contributed by atoms with Gasteiger partial charge in [-0.1, -0.05) is 15.9 Å². The van der Waals surface area contributed by atoms with E-state index >= 15 is 0 Å². The fourth-order valence-corrected chi connectivity index (χ4v) is 2.57. The number of nitrogens with one attached hydrogen (secondary N) is 1. The molecular weight excluding hydrogens is 406 g/mol. The van der Waals surface area contributed by atoms with Crippen LogP contribution in [0.5, 0.6) is 0 Å². The van der Waals surface area contributed by atoms with Crippen molar-refractivity contribution in [3.05, 3.63) is 61.0 Å². The molecule has 0 radical (unpaired) electrons. The largest absolute Gasteiger partial charge is 0.398 e. The quantitative estimate of drug-likeness (QED) is 0.451. The lowest BCUT2D eigenvalue weighted by Gasteiger charge is -2.08. The van der Waals surface area contributed by atoms with Gasteiger partial charge < -0.3 is 11.1 Å². The zero-order valence-corrected chi connectivity index (χ0v) is 13.6. The summed E-state index contributed by atoms with van der Waals surface area (Å²) in [5, 5.41) is 13.4. The lowest BCUT2D eigenvalue weighted by molar-refractivity contribution is -0.385. The predicted molar refractivity (Wildman–Crippen MR) is 87.3 cm³/mol. The Hall–Kier alpha value is -1.93. The monoisotopic (exact) mass is 413 g/mol. The van der Waals surface area contributed by atoms with Gasteiger partial charge >= 0.3 is 0 Å². The molecule has 0 spiro atoms. The summed E-state index contributed by atoms with van der Waals surface area (Å²) in [5.41, 5.74) is 6.80. The Morgan fingerprint density at radius 3 is 2.48 bits per heavy atom. The van der Waals surface area contributed by atoms with E-state index in [2.05, 4.69) is 37.2 Å². The van der Waals surface area contributed by atoms with Crippen molar-refractivity contribution in [1.82, 2.24) is 0 Å². The number of anilines is 2. The minimum Gasteiger partial charge on any atom is -0.398 e. The minimum atomic E-state index is -0.512. The van der Waals surface area contributed by atoms with Crippen LogP contribution >= 0.6 is 31.9 Å². The van der Waals surface area contributed by atoms with Gasteiger partial charge in [-0.15, -0.1) is 0 Å². The smallest absolute Gasteiger partial charge is 0.283 e. The molecule has 2 aromatic carbocycles. The highest BCUT2D eigenvalue weighted by Crippen LogP contribution is 2.28. The number of nitrogens with two attached hydrogens (primary N) is 1. The van der Waals surface area contributed by atoms with Gasteiger partial charge in [0.2, 0.25) is 0 Å². The van der Waals surface area contributed by atoms with Crippen molar-refractivity contribution >= 4 is 54.8 Å². The average Bonchev–Trinajstić information content (AvgIpc) is 2.37. The maximum atomic E-state index is 12.1. The second-order valence-electron chi connectivity index (χ2n) is 4.11. The number of amides is 1. The molecule has 0 bridgehead atoms. The first-order valence-electron chi connectivity index (χ1n) is 5.69. The van der Waals surface area contributed by atoms with E-state index < -0.39 is 4.92 Å². The van der Waals surface area contributed by atoms with Crippen LogP contribution in [0.4, 0.5) is 17.1 Å². The van der Waals surface area contributed by atoms with E-state index in [-0.39, 0.29) is 16.1 Å². The molecule has 0 aliphatic heterocycles. The Morgan fingerprint density at radius 1 is 1.19 bits per heavy atom. The molecular formula is C13H9Br2N3O3. The average molecular weight is 415 g/mol. The number of rotatable bonds is 3. The van der Waals surface area contributed by atoms with E-state index in [0.29, 0.717) is 16.9 Å². The second kappa shape index (κ2) is 6.23. The Morgan fingerprint density at radius 2 is 1.90 bits per heavy atom. The zero-order valence-electron chi connectivity index (χ0n) is 10.5. The van der Waals surface area contributed by atoms with Crippen LogP contribution in [0.2, 0.25) is 0 Å². The molecule has 0 saturated carbocycles. The number of hydrogen-bond acceptors (Lipinski definition) is 4. The van der Waals surface area contributed by atoms with E-state index in [9.17, 15) is 14.9 Å². The summed E-state index contributed by atoms with van der Waals surface area (Å²) in [4.78, 5) is 22.3. The third kappa shape index (κ3) is 3.59. The van der Waals surface area contributed by atoms with Crippen LogP contribution in [-0.2, 0) is 0 Å². The first-order valence-corrected chi connectivity index (χ1v) is 7.27. The number of nitrogens with zero attached hydrogens (tertiary/aromatic N) is 1. The minimum absolute atomic E-state index is 0.0730. The molecule has 0 fully saturated rings. The molecule has 0 heterocycles. The molecule has 8 heteroatoms. The topological polar surface area (TPSA) is 98.3 Å². The number of nitro benzene ring substituents is 1. The Labute approximate surface area is 136 Å². The highest BCUT2D eigenvalue weighted by Gasteiger charge is 2.14. The lowest BCUT2D eigenvalue weighted by atomic mass is 10.1. The molecule has 21 heavy (non-hydrogen) atoms. The van der Waals surface area contributed by atoms with E-state index in [0.717, 1.165) is 4.47 Å². The van der Waals surface area contributed by atoms with Crippen LogP contribution in [0.25, 0.3) is 0 Å². The van der Waals surface area contributed by atoms with Crippen molar-refractivity contribution in [2.45, 2.75) is 0 Å². The fraction of sp³-hybridized carbons (Fsp3) is 0. The van der Waals surface area contributed by atoms with Gasteiger partial charge in [0.25, 0.3) is 11.6 Å². The summed E-state index contributed by atoms with van der Waals surface area (Å²) in [6, 6.07) is 9.15. The van der Waals surface area contributed by atoms with Gasteiger partial charge in [0.1, 0.15) is 0 Å². The summed E-state index contributed by atoms with van der Waals surface area (Å²) in [6.07, 6.45) is 0. The van der Waals surface area contributed by atoms with Crippen molar-refractivity contribution in [1.29, 1.82) is 0 Å². The van der Waals surface area contributed by atoms with Crippen molar-refractivity contribution in [2.75, 3.05) is 11.1 Å². The second-order valence-corrected chi connectivity index (χ2v) is 5.88. The predicted octanol–water partition coefficient (Wildman–Crippen LogP) is 3.95. The maximum Gasteiger partial charge on any atom is 0.283 e. The number of nitro groups is 1. The van der Waals surface area contributed by atoms with Crippen LogP contribution in [-0.4, -0.2) is 10.8 Å². The normalized spacial score (nSPS) is 10.2. The summed E-state index contributed by atoms with van der Waals surface area (Å²) in [7, 11) is 0. The van der Waals surface area contributed by atoms with E-state index in [4.69, 9.17) is 5.73 Å². The van der Waals surface area contributed by atoms with Crippen LogP contribution in [0.15, 0.2) is 45.3 Å². The number of carbonyl (C=O) groups is 1. The molecule has 0 unspecified atom stereocenters. The highest BCUT2D eigenvalue weighted by molar-refractivity contribution is 9.10. The highest BCUT2D eigenvalue weighted by atomic mass is 79.9. The van der Waals surface area contributed by atoms with Gasteiger partial charge in [-0.25, -0.2) is 0 Å². The number of benzene rings is 2. The molecule has 1 amide bonds. The lowest BCUT2D eigenvalue weighted by Crippen LogP contribution is -2.14. The van der Waals surface area contributed by atoms with E-state index in [1.165, 1.54) is 18.2 Å². The van der Waals surface area contributed by atoms with Gasteiger partial charge in [0.05, 0.1) is 15.0 Å². The third-order valence-corrected chi connectivity index (χ3v) is 3.79. The molecule has 0 saturated heterocycles. The summed E-state index contributed by atoms with van der Waals surface area (Å²) >= 11 is 6.36. The van der Waals surface area contributed by atoms with Crippen LogP contribution < -0.4 is 11.1 Å². The van der Waals surface area contributed by atoms with Crippen molar-refractivity contribution in [3.63, 3.8) is 0 Å². The van der Waals surface area contributed by atoms with Crippen LogP contribution in [0.1, 0.15) is 10.4 Å². The molecule has 0 atom stereocenters. The van der Waals surface area contributed by atoms with Gasteiger partial charge in [0, 0.05) is 21.9 Å². The van der Waals surface area contributed by atoms with Crippen molar-refractivity contribution < 1.29 is 9.72 Å². The summed E-state index contributed by atoms with van der Waals surface area (Å²) in [5.74, 6) is -0.388. The summed E-state index contributed by atoms with van der Waals surface area (Å²) < 4.78 is 1.06. The van der Waals surface area contributed by atoms with Crippen molar-refractivity contribution in [2.24, 2.45) is 0 Å². The number of carbonyl (C=O) groups excluding carboxylic acids is 1. The number of nitrogen functional groups attached to an aromatic ring is 1. The molecule has 0 aliphatic rings. The zero-order chi connectivity index (χ0) is 15.6. The van der Waals surface area contributed by atoms with E-state index in [1.807, 2.05) is 0 Å². The fourth-order valence-electron chi connectivity index (χ4n) is 1.67. The first-order chi connectivity index (χ1) is 9.88. The molecule has 2 aromatic rings. The Bertz CT molecular complexity index is 735. The van der Waals surface area contributed by atoms with Crippen LogP contribution in [0.3, 0.4) is 0 Å². The Balaban J connectivity index is 2.23. The standard InChI is InChI=1S/C13H9Br2N3O3/c14-7-1-3-9(11(16)5-7)13(19)17-8-2-4-12(18(20)21)10(15)6-8/h1-6H,16H2,(H,17,19). The molecule has 108 valence electrons. The molecule has 2 rings (SSSR count). The molecule has 3 N–H and O–H groups in total. The van der Waals surface area contributed by atoms with Gasteiger partial charge in [0.15, 0.2) is 0 Å². The maximum absolute atomic E-state index is 12.1. The Kier molecular flexibility index (Phi) is 4.59. The molecule has 6 nitrogen and oxygen atoms in total. The first kappa shape index (κ1) is 15.5. The van der Waals surface area contributed by atoms with Crippen molar-refractivity contribution in [3.8, 4) is 0 Å². The SMILES string of the molecule is Nc1cc(Br)ccc1C(=O)Nc1ccc([N+](=O)[O-])c(Br)c1.